The van der Waals surface area contributed by atoms with E-state index >= 15 is 0 Å². The van der Waals surface area contributed by atoms with Gasteiger partial charge in [-0.05, 0) is 56.8 Å². The standard InChI is InChI=1S/C19H22N4O2S2/c1-12-10-16(25-21-12)19-18(20-22-27-19)14-4-3-9-23(11-14)17(24)8-7-15-6-5-13(2)26-15/h5-6,10,14H,3-4,7-9,11H2,1-2H3/t14-/m0/s1. The summed E-state index contributed by atoms with van der Waals surface area (Å²) in [5, 5.41) is 8.33. The molecule has 1 amide bonds. The molecule has 0 bridgehead atoms. The van der Waals surface area contributed by atoms with Crippen molar-refractivity contribution in [3.8, 4) is 10.6 Å². The molecule has 0 N–H and O–H groups in total. The highest BCUT2D eigenvalue weighted by Crippen LogP contribution is 2.35. The Kier molecular flexibility index (Phi) is 5.36. The first-order valence-corrected chi connectivity index (χ1v) is 10.8. The van der Waals surface area contributed by atoms with E-state index in [4.69, 9.17) is 4.52 Å². The maximum atomic E-state index is 12.7. The van der Waals surface area contributed by atoms with Crippen molar-refractivity contribution in [2.75, 3.05) is 13.1 Å². The number of nitrogens with zero attached hydrogens (tertiary/aromatic N) is 4. The Hall–Kier alpha value is -2.06. The molecule has 1 saturated heterocycles. The van der Waals surface area contributed by atoms with Crippen molar-refractivity contribution >= 4 is 28.8 Å². The van der Waals surface area contributed by atoms with Gasteiger partial charge in [-0.1, -0.05) is 9.64 Å². The Bertz CT molecular complexity index is 930. The first-order valence-electron chi connectivity index (χ1n) is 9.19. The van der Waals surface area contributed by atoms with E-state index in [9.17, 15) is 4.79 Å². The Labute approximate surface area is 166 Å². The van der Waals surface area contributed by atoms with Gasteiger partial charge in [0.25, 0.3) is 0 Å². The first kappa shape index (κ1) is 18.3. The summed E-state index contributed by atoms with van der Waals surface area (Å²) in [6, 6.07) is 6.15. The van der Waals surface area contributed by atoms with Crippen LogP contribution >= 0.6 is 22.9 Å². The molecule has 0 radical (unpaired) electrons. The quantitative estimate of drug-likeness (QED) is 0.639. The van der Waals surface area contributed by atoms with Crippen molar-refractivity contribution in [2.24, 2.45) is 0 Å². The Morgan fingerprint density at radius 3 is 3.00 bits per heavy atom. The maximum Gasteiger partial charge on any atom is 0.222 e. The van der Waals surface area contributed by atoms with Gasteiger partial charge in [0, 0.05) is 41.2 Å². The van der Waals surface area contributed by atoms with Crippen molar-refractivity contribution in [1.82, 2.24) is 19.6 Å². The number of rotatable bonds is 5. The second kappa shape index (κ2) is 7.90. The van der Waals surface area contributed by atoms with Crippen molar-refractivity contribution in [1.29, 1.82) is 0 Å². The van der Waals surface area contributed by atoms with E-state index in [1.807, 2.05) is 17.9 Å². The van der Waals surface area contributed by atoms with E-state index in [2.05, 4.69) is 33.8 Å². The third kappa shape index (κ3) is 4.11. The SMILES string of the molecule is Cc1cc(-c2snnc2[C@H]2CCCN(C(=O)CCc3ccc(C)s3)C2)on1. The van der Waals surface area contributed by atoms with E-state index < -0.39 is 0 Å². The van der Waals surface area contributed by atoms with Gasteiger partial charge in [-0.2, -0.15) is 0 Å². The largest absolute Gasteiger partial charge is 0.355 e. The van der Waals surface area contributed by atoms with Crippen LogP contribution in [0, 0.1) is 13.8 Å². The van der Waals surface area contributed by atoms with Crippen LogP contribution in [0.25, 0.3) is 10.6 Å². The van der Waals surface area contributed by atoms with Crippen molar-refractivity contribution in [3.63, 3.8) is 0 Å². The highest BCUT2D eigenvalue weighted by atomic mass is 32.1. The van der Waals surface area contributed by atoms with E-state index in [-0.39, 0.29) is 11.8 Å². The number of aryl methyl sites for hydroxylation is 3. The topological polar surface area (TPSA) is 72.1 Å². The zero-order valence-corrected chi connectivity index (χ0v) is 17.1. The normalized spacial score (nSPS) is 17.4. The molecule has 1 aliphatic rings. The van der Waals surface area contributed by atoms with Gasteiger partial charge in [-0.3, -0.25) is 4.79 Å². The predicted molar refractivity (Wildman–Crippen MR) is 106 cm³/mol. The summed E-state index contributed by atoms with van der Waals surface area (Å²) in [5.74, 6) is 1.14. The molecule has 27 heavy (non-hydrogen) atoms. The molecule has 1 atom stereocenters. The van der Waals surface area contributed by atoms with Crippen LogP contribution in [0.4, 0.5) is 0 Å². The third-order valence-corrected chi connectivity index (χ3v) is 6.72. The smallest absolute Gasteiger partial charge is 0.222 e. The molecular weight excluding hydrogens is 380 g/mol. The van der Waals surface area contributed by atoms with Crippen LogP contribution < -0.4 is 0 Å². The number of likely N-dealkylation sites (tertiary alicyclic amines) is 1. The molecule has 8 heteroatoms. The van der Waals surface area contributed by atoms with Crippen molar-refractivity contribution in [2.45, 2.75) is 45.4 Å². The maximum absolute atomic E-state index is 12.7. The van der Waals surface area contributed by atoms with Gasteiger partial charge in [0.15, 0.2) is 5.76 Å². The average Bonchev–Trinajstić information content (AvgIpc) is 3.40. The summed E-state index contributed by atoms with van der Waals surface area (Å²) >= 11 is 3.10. The van der Waals surface area contributed by atoms with E-state index in [1.165, 1.54) is 21.3 Å². The number of hydrogen-bond acceptors (Lipinski definition) is 7. The zero-order chi connectivity index (χ0) is 18.8. The molecule has 0 unspecified atom stereocenters. The first-order chi connectivity index (χ1) is 13.1. The van der Waals surface area contributed by atoms with E-state index in [0.29, 0.717) is 18.7 Å². The molecule has 0 saturated carbocycles. The lowest BCUT2D eigenvalue weighted by Gasteiger charge is -2.32. The Morgan fingerprint density at radius 1 is 1.37 bits per heavy atom. The molecule has 1 aliphatic heterocycles. The third-order valence-electron chi connectivity index (χ3n) is 4.91. The van der Waals surface area contributed by atoms with Gasteiger partial charge >= 0.3 is 0 Å². The molecule has 0 aromatic carbocycles. The molecule has 4 heterocycles. The molecule has 3 aromatic rings. The predicted octanol–water partition coefficient (Wildman–Crippen LogP) is 4.21. The minimum absolute atomic E-state index is 0.200. The van der Waals surface area contributed by atoms with Crippen LogP contribution in [0.3, 0.4) is 0 Å². The fourth-order valence-electron chi connectivity index (χ4n) is 3.54. The summed E-state index contributed by atoms with van der Waals surface area (Å²) < 4.78 is 9.54. The molecule has 1 fully saturated rings. The zero-order valence-electron chi connectivity index (χ0n) is 15.5. The lowest BCUT2D eigenvalue weighted by atomic mass is 9.93. The summed E-state index contributed by atoms with van der Waals surface area (Å²) in [4.78, 5) is 18.2. The number of piperidine rings is 1. The number of thiophene rings is 1. The van der Waals surface area contributed by atoms with Gasteiger partial charge < -0.3 is 9.42 Å². The van der Waals surface area contributed by atoms with Crippen LogP contribution in [0.1, 0.15) is 46.3 Å². The number of carbonyl (C=O) groups is 1. The lowest BCUT2D eigenvalue weighted by molar-refractivity contribution is -0.132. The Balaban J connectivity index is 1.42. The summed E-state index contributed by atoms with van der Waals surface area (Å²) in [7, 11) is 0. The molecule has 0 spiro atoms. The second-order valence-corrected chi connectivity index (χ2v) is 9.14. The van der Waals surface area contributed by atoms with Gasteiger partial charge in [0.05, 0.1) is 11.4 Å². The molecule has 142 valence electrons. The Morgan fingerprint density at radius 2 is 2.26 bits per heavy atom. The van der Waals surface area contributed by atoms with Crippen molar-refractivity contribution < 1.29 is 9.32 Å². The lowest BCUT2D eigenvalue weighted by Crippen LogP contribution is -2.39. The van der Waals surface area contributed by atoms with Crippen LogP contribution in [-0.2, 0) is 11.2 Å². The molecular formula is C19H22N4O2S2. The van der Waals surface area contributed by atoms with E-state index in [1.54, 1.807) is 11.3 Å². The number of carbonyl (C=O) groups excluding carboxylic acids is 1. The molecule has 0 aliphatic carbocycles. The summed E-state index contributed by atoms with van der Waals surface area (Å²) in [6.07, 6.45) is 3.38. The highest BCUT2D eigenvalue weighted by molar-refractivity contribution is 7.11. The van der Waals surface area contributed by atoms with Gasteiger partial charge in [-0.15, -0.1) is 16.4 Å². The average molecular weight is 403 g/mol. The number of amides is 1. The van der Waals surface area contributed by atoms with Crippen LogP contribution in [0.2, 0.25) is 0 Å². The minimum Gasteiger partial charge on any atom is -0.355 e. The monoisotopic (exact) mass is 402 g/mol. The highest BCUT2D eigenvalue weighted by Gasteiger charge is 2.29. The molecule has 4 rings (SSSR count). The van der Waals surface area contributed by atoms with Gasteiger partial charge in [0.1, 0.15) is 4.88 Å². The molecule has 6 nitrogen and oxygen atoms in total. The fourth-order valence-corrected chi connectivity index (χ4v) is 5.13. The second-order valence-electron chi connectivity index (χ2n) is 7.01. The molecule has 3 aromatic heterocycles. The van der Waals surface area contributed by atoms with Gasteiger partial charge in [0.2, 0.25) is 5.91 Å². The summed E-state index contributed by atoms with van der Waals surface area (Å²) in [5.41, 5.74) is 1.77. The fraction of sp³-hybridized carbons (Fsp3) is 0.474. The number of aromatic nitrogens is 3. The van der Waals surface area contributed by atoms with Crippen LogP contribution in [0.15, 0.2) is 22.7 Å². The van der Waals surface area contributed by atoms with Crippen LogP contribution in [-0.4, -0.2) is 38.6 Å². The van der Waals surface area contributed by atoms with E-state index in [0.717, 1.165) is 42.1 Å². The van der Waals surface area contributed by atoms with Crippen LogP contribution in [0.5, 0.6) is 0 Å². The summed E-state index contributed by atoms with van der Waals surface area (Å²) in [6.45, 7) is 5.53. The minimum atomic E-state index is 0.200. The van der Waals surface area contributed by atoms with Crippen molar-refractivity contribution in [3.05, 3.63) is 39.3 Å². The number of hydrogen-bond donors (Lipinski definition) is 0. The van der Waals surface area contributed by atoms with Gasteiger partial charge in [-0.25, -0.2) is 0 Å².